The Kier molecular flexibility index (Phi) is 8.11. The van der Waals surface area contributed by atoms with E-state index in [0.717, 1.165) is 6.42 Å². The van der Waals surface area contributed by atoms with Crippen molar-refractivity contribution in [3.05, 3.63) is 49.1 Å². The summed E-state index contributed by atoms with van der Waals surface area (Å²) in [5.74, 6) is 0. The molecule has 0 saturated carbocycles. The molecule has 0 aromatic heterocycles. The second kappa shape index (κ2) is 8.96. The number of hydrogen-bond donors (Lipinski definition) is 0. The molecule has 0 saturated heterocycles. The van der Waals surface area contributed by atoms with Crippen LogP contribution >= 0.6 is 0 Å². The van der Waals surface area contributed by atoms with Crippen molar-refractivity contribution in [2.75, 3.05) is 0 Å². The van der Waals surface area contributed by atoms with Gasteiger partial charge in [-0.2, -0.15) is 0 Å². The van der Waals surface area contributed by atoms with Gasteiger partial charge < -0.3 is 0 Å². The first-order valence-electron chi connectivity index (χ1n) is 4.02. The molecule has 0 aliphatic carbocycles. The van der Waals surface area contributed by atoms with Crippen molar-refractivity contribution >= 4 is 0 Å². The van der Waals surface area contributed by atoms with E-state index >= 15 is 0 Å². The quantitative estimate of drug-likeness (QED) is 0.522. The van der Waals surface area contributed by atoms with Crippen LogP contribution in [-0.2, 0) is 0 Å². The van der Waals surface area contributed by atoms with Crippen molar-refractivity contribution in [3.8, 4) is 0 Å². The van der Waals surface area contributed by atoms with Crippen LogP contribution in [0.3, 0.4) is 0 Å². The minimum atomic E-state index is 1.16. The molecular weight excluding hydrogens is 132 g/mol. The maximum Gasteiger partial charge on any atom is -0.0350 e. The minimum absolute atomic E-state index is 1.16. The smallest absolute Gasteiger partial charge is 0.0350 e. The Morgan fingerprint density at radius 3 is 2.27 bits per heavy atom. The molecule has 0 aliphatic rings. The molecule has 0 heterocycles. The van der Waals surface area contributed by atoms with Crippen molar-refractivity contribution in [3.63, 3.8) is 0 Å². The molecule has 0 aromatic carbocycles. The molecule has 11 heavy (non-hydrogen) atoms. The SMILES string of the molecule is C=C\C=C/C=C/C=C\CCC. The van der Waals surface area contributed by atoms with E-state index in [4.69, 9.17) is 0 Å². The maximum absolute atomic E-state index is 3.57. The van der Waals surface area contributed by atoms with Gasteiger partial charge >= 0.3 is 0 Å². The van der Waals surface area contributed by atoms with Crippen LogP contribution in [0.15, 0.2) is 49.1 Å². The Balaban J connectivity index is 3.42. The fourth-order valence-electron chi connectivity index (χ4n) is 0.612. The molecule has 0 unspecified atom stereocenters. The minimum Gasteiger partial charge on any atom is -0.0991 e. The van der Waals surface area contributed by atoms with Gasteiger partial charge in [0, 0.05) is 0 Å². The summed E-state index contributed by atoms with van der Waals surface area (Å²) in [6.45, 7) is 5.74. The third-order valence-electron chi connectivity index (χ3n) is 1.17. The zero-order chi connectivity index (χ0) is 8.36. The molecule has 0 fully saturated rings. The molecule has 0 spiro atoms. The van der Waals surface area contributed by atoms with Gasteiger partial charge in [0.25, 0.3) is 0 Å². The van der Waals surface area contributed by atoms with E-state index in [9.17, 15) is 0 Å². The Hall–Kier alpha value is -1.04. The summed E-state index contributed by atoms with van der Waals surface area (Å²) >= 11 is 0. The molecule has 0 radical (unpaired) electrons. The first-order valence-corrected chi connectivity index (χ1v) is 4.02. The summed E-state index contributed by atoms with van der Waals surface area (Å²) < 4.78 is 0. The van der Waals surface area contributed by atoms with E-state index in [-0.39, 0.29) is 0 Å². The lowest BCUT2D eigenvalue weighted by Crippen LogP contribution is -1.58. The lowest BCUT2D eigenvalue weighted by molar-refractivity contribution is 0.959. The van der Waals surface area contributed by atoms with Gasteiger partial charge in [0.05, 0.1) is 0 Å². The van der Waals surface area contributed by atoms with E-state index < -0.39 is 0 Å². The summed E-state index contributed by atoms with van der Waals surface area (Å²) in [7, 11) is 0. The van der Waals surface area contributed by atoms with Gasteiger partial charge in [-0.1, -0.05) is 62.5 Å². The van der Waals surface area contributed by atoms with Crippen LogP contribution in [-0.4, -0.2) is 0 Å². The van der Waals surface area contributed by atoms with Crippen molar-refractivity contribution in [2.45, 2.75) is 19.8 Å². The number of rotatable bonds is 5. The molecule has 0 nitrogen and oxygen atoms in total. The molecule has 0 bridgehead atoms. The molecular formula is C11H16. The van der Waals surface area contributed by atoms with E-state index in [1.54, 1.807) is 6.08 Å². The second-order valence-electron chi connectivity index (χ2n) is 2.22. The summed E-state index contributed by atoms with van der Waals surface area (Å²) in [6, 6.07) is 0. The fourth-order valence-corrected chi connectivity index (χ4v) is 0.612. The topological polar surface area (TPSA) is 0 Å². The van der Waals surface area contributed by atoms with Gasteiger partial charge in [-0.25, -0.2) is 0 Å². The van der Waals surface area contributed by atoms with Crippen LogP contribution in [0.2, 0.25) is 0 Å². The van der Waals surface area contributed by atoms with Crippen LogP contribution in [0.5, 0.6) is 0 Å². The summed E-state index contributed by atoms with van der Waals surface area (Å²) in [5.41, 5.74) is 0. The fraction of sp³-hybridized carbons (Fsp3) is 0.273. The lowest BCUT2D eigenvalue weighted by atomic mass is 10.3. The Bertz CT molecular complexity index is 159. The van der Waals surface area contributed by atoms with E-state index in [0.29, 0.717) is 0 Å². The van der Waals surface area contributed by atoms with Gasteiger partial charge in [0.1, 0.15) is 0 Å². The predicted molar refractivity (Wildman–Crippen MR) is 52.5 cm³/mol. The van der Waals surface area contributed by atoms with Crippen molar-refractivity contribution in [2.24, 2.45) is 0 Å². The van der Waals surface area contributed by atoms with Crippen LogP contribution in [0.1, 0.15) is 19.8 Å². The van der Waals surface area contributed by atoms with E-state index in [1.807, 2.05) is 24.3 Å². The van der Waals surface area contributed by atoms with Gasteiger partial charge in [-0.05, 0) is 6.42 Å². The summed E-state index contributed by atoms with van der Waals surface area (Å²) in [4.78, 5) is 0. The number of unbranched alkanes of at least 4 members (excludes halogenated alkanes) is 1. The maximum atomic E-state index is 3.57. The van der Waals surface area contributed by atoms with E-state index in [2.05, 4.69) is 25.7 Å². The molecule has 0 aromatic rings. The molecule has 60 valence electrons. The summed E-state index contributed by atoms with van der Waals surface area (Å²) in [6.07, 6.45) is 16.3. The number of hydrogen-bond acceptors (Lipinski definition) is 0. The van der Waals surface area contributed by atoms with Gasteiger partial charge in [0.2, 0.25) is 0 Å². The second-order valence-corrected chi connectivity index (χ2v) is 2.22. The van der Waals surface area contributed by atoms with Gasteiger partial charge in [-0.15, -0.1) is 0 Å². The zero-order valence-corrected chi connectivity index (χ0v) is 7.16. The highest BCUT2D eigenvalue weighted by Crippen LogP contribution is 1.88. The first kappa shape index (κ1) is 9.96. The van der Waals surface area contributed by atoms with Gasteiger partial charge in [0.15, 0.2) is 0 Å². The first-order chi connectivity index (χ1) is 5.41. The predicted octanol–water partition coefficient (Wildman–Crippen LogP) is 3.64. The van der Waals surface area contributed by atoms with Crippen molar-refractivity contribution in [1.82, 2.24) is 0 Å². The molecule has 0 heteroatoms. The highest BCUT2D eigenvalue weighted by Gasteiger charge is 1.68. The number of allylic oxidation sites excluding steroid dienone is 7. The third kappa shape index (κ3) is 8.96. The average molecular weight is 148 g/mol. The molecule has 0 aliphatic heterocycles. The normalized spacial score (nSPS) is 12.1. The van der Waals surface area contributed by atoms with Crippen LogP contribution < -0.4 is 0 Å². The van der Waals surface area contributed by atoms with E-state index in [1.165, 1.54) is 6.42 Å². The van der Waals surface area contributed by atoms with Crippen LogP contribution in [0.25, 0.3) is 0 Å². The third-order valence-corrected chi connectivity index (χ3v) is 1.17. The van der Waals surface area contributed by atoms with Crippen LogP contribution in [0, 0.1) is 0 Å². The van der Waals surface area contributed by atoms with Crippen molar-refractivity contribution in [1.29, 1.82) is 0 Å². The summed E-state index contributed by atoms with van der Waals surface area (Å²) in [5, 5.41) is 0. The lowest BCUT2D eigenvalue weighted by Gasteiger charge is -1.79. The highest BCUT2D eigenvalue weighted by molar-refractivity contribution is 5.14. The standard InChI is InChI=1S/C11H16/c1-3-5-7-9-11-10-8-6-4-2/h3,5,7-11H,1,4,6H2,2H3/b7-5-,10-8-,11-9+. The molecule has 0 rings (SSSR count). The molecule has 0 atom stereocenters. The Morgan fingerprint density at radius 2 is 1.64 bits per heavy atom. The Labute approximate surface area is 69.6 Å². The monoisotopic (exact) mass is 148 g/mol. The largest absolute Gasteiger partial charge is 0.0991 e. The average Bonchev–Trinajstić information content (AvgIpc) is 2.03. The van der Waals surface area contributed by atoms with Crippen LogP contribution in [0.4, 0.5) is 0 Å². The zero-order valence-electron chi connectivity index (χ0n) is 7.16. The highest BCUT2D eigenvalue weighted by atomic mass is 13.7. The van der Waals surface area contributed by atoms with Crippen molar-refractivity contribution < 1.29 is 0 Å². The van der Waals surface area contributed by atoms with Gasteiger partial charge in [-0.3, -0.25) is 0 Å². The molecule has 0 amide bonds. The molecule has 0 N–H and O–H groups in total. The Morgan fingerprint density at radius 1 is 1.00 bits per heavy atom.